The van der Waals surface area contributed by atoms with Crippen molar-refractivity contribution < 1.29 is 30.0 Å². The molecule has 1 N–H and O–H groups in total. The van der Waals surface area contributed by atoms with Crippen LogP contribution in [0.1, 0.15) is 128 Å². The number of carbonyl (C=O) groups is 1. The number of aliphatic hydroxyl groups is 1. The van der Waals surface area contributed by atoms with Gasteiger partial charge < -0.3 is 5.11 Å². The zero-order valence-corrected chi connectivity index (χ0v) is 42.1. The van der Waals surface area contributed by atoms with E-state index in [4.69, 9.17) is 9.97 Å². The smallest absolute Gasteiger partial charge is 0.162 e. The molecule has 0 saturated carbocycles. The first-order chi connectivity index (χ1) is 25.6. The summed E-state index contributed by atoms with van der Waals surface area (Å²) in [5, 5.41) is 12.7. The summed E-state index contributed by atoms with van der Waals surface area (Å²) in [5.41, 5.74) is 6.08. The second-order valence-electron chi connectivity index (χ2n) is 19.4. The number of hydrogen-bond acceptors (Lipinski definition) is 5. The molecule has 0 saturated heterocycles. The summed E-state index contributed by atoms with van der Waals surface area (Å²) in [5.74, 6) is 4.17. The Morgan fingerprint density at radius 2 is 1.27 bits per heavy atom. The Kier molecular flexibility index (Phi) is 19.4. The molecule has 2 heterocycles. The summed E-state index contributed by atoms with van der Waals surface area (Å²) in [7, 11) is -1.74. The van der Waals surface area contributed by atoms with Crippen molar-refractivity contribution in [3.8, 4) is 11.3 Å². The number of hydrogen-bond donors (Lipinski definition) is 1. The molecule has 0 amide bonds. The van der Waals surface area contributed by atoms with Gasteiger partial charge in [-0.15, -0.1) is 40.5 Å². The number of nitrogens with zero attached hydrogens (tertiary/aromatic N) is 2. The zero-order chi connectivity index (χ0) is 41.5. The fourth-order valence-electron chi connectivity index (χ4n) is 9.68. The van der Waals surface area contributed by atoms with Crippen molar-refractivity contribution in [3.05, 3.63) is 65.7 Å². The number of ketones is 1. The van der Waals surface area contributed by atoms with Crippen molar-refractivity contribution in [1.29, 1.82) is 0 Å². The summed E-state index contributed by atoms with van der Waals surface area (Å²) in [6, 6.07) is 18.7. The van der Waals surface area contributed by atoms with Gasteiger partial charge in [-0.25, -0.2) is 4.98 Å². The van der Waals surface area contributed by atoms with E-state index in [1.807, 2.05) is 11.3 Å². The van der Waals surface area contributed by atoms with Crippen LogP contribution in [-0.2, 0) is 24.9 Å². The number of aliphatic hydroxyl groups excluding tert-OH is 1. The molecule has 4 rings (SSSR count). The fourth-order valence-corrected chi connectivity index (χ4v) is 19.3. The predicted molar refractivity (Wildman–Crippen MR) is 244 cm³/mol. The molecule has 2 aromatic carbocycles. The van der Waals surface area contributed by atoms with E-state index in [2.05, 4.69) is 154 Å². The van der Waals surface area contributed by atoms with Crippen LogP contribution in [0, 0.1) is 66.3 Å². The van der Waals surface area contributed by atoms with Gasteiger partial charge in [0.1, 0.15) is 14.4 Å². The molecule has 0 atom stereocenters. The van der Waals surface area contributed by atoms with E-state index in [9.17, 15) is 9.90 Å². The third kappa shape index (κ3) is 12.4. The van der Waals surface area contributed by atoms with Crippen molar-refractivity contribution in [2.45, 2.75) is 142 Å². The molecule has 56 heavy (non-hydrogen) atoms. The Morgan fingerprint density at radius 1 is 0.768 bits per heavy atom. The molecule has 4 nitrogen and oxygen atoms in total. The monoisotopic (exact) mass is 976 g/mol. The van der Waals surface area contributed by atoms with Gasteiger partial charge in [-0.1, -0.05) is 158 Å². The second-order valence-corrected chi connectivity index (χ2v) is 25.0. The van der Waals surface area contributed by atoms with Gasteiger partial charge in [0.15, 0.2) is 5.78 Å². The number of aromatic nitrogens is 2. The quantitative estimate of drug-likeness (QED) is 0.0526. The molecular formula is C49H75IrN2O2SSi-. The van der Waals surface area contributed by atoms with E-state index in [-0.39, 0.29) is 43.5 Å². The number of fused-ring (bicyclic) bond motifs is 2. The van der Waals surface area contributed by atoms with Crippen LogP contribution < -0.4 is 4.50 Å². The summed E-state index contributed by atoms with van der Waals surface area (Å²) in [4.78, 5) is 22.1. The maximum Gasteiger partial charge on any atom is 0.162 e. The van der Waals surface area contributed by atoms with Gasteiger partial charge in [0.05, 0.1) is 11.3 Å². The zero-order valence-electron chi connectivity index (χ0n) is 37.9. The molecular weight excluding hydrogens is 901 g/mol. The van der Waals surface area contributed by atoms with E-state index in [0.717, 1.165) is 16.8 Å². The molecule has 4 aromatic rings. The molecule has 0 aliphatic carbocycles. The van der Waals surface area contributed by atoms with Crippen LogP contribution in [0.4, 0.5) is 0 Å². The number of carbonyl (C=O) groups excluding carboxylic acids is 1. The van der Waals surface area contributed by atoms with E-state index >= 15 is 0 Å². The molecule has 0 aliphatic heterocycles. The van der Waals surface area contributed by atoms with Crippen LogP contribution in [-0.4, -0.2) is 28.9 Å². The van der Waals surface area contributed by atoms with Crippen LogP contribution in [0.2, 0.25) is 18.1 Å². The number of thiophene rings is 1. The molecule has 0 unspecified atom stereocenters. The van der Waals surface area contributed by atoms with Crippen molar-refractivity contribution in [1.82, 2.24) is 9.97 Å². The van der Waals surface area contributed by atoms with Crippen molar-refractivity contribution in [3.63, 3.8) is 0 Å². The van der Waals surface area contributed by atoms with Gasteiger partial charge in [0.2, 0.25) is 0 Å². The van der Waals surface area contributed by atoms with Crippen molar-refractivity contribution in [2.24, 2.45) is 53.3 Å². The summed E-state index contributed by atoms with van der Waals surface area (Å²) >= 11 is 2.01. The Balaban J connectivity index is 0.000000463. The predicted octanol–water partition coefficient (Wildman–Crippen LogP) is 14.2. The molecule has 0 aliphatic rings. The average molecular weight is 977 g/mol. The Hall–Kier alpha value is -2.18. The van der Waals surface area contributed by atoms with Crippen LogP contribution in [0.3, 0.4) is 0 Å². The maximum atomic E-state index is 12.3. The number of allylic oxidation sites excluding steroid dienone is 2. The SMILES string of the molecule is CC(C)C(C(=O)/C=C(\O)C(C(C)C)C(C)C)C(C)C.Cc1c([Si](CC(C)C)(CC(C)C)CC(C)C)sc2c(-c3[c-]c4ccccc4c(C(C)C)c3)ncnc12.[Ir]. The first kappa shape index (κ1) is 50.0. The largest absolute Gasteiger partial charge is 0.512 e. The van der Waals surface area contributed by atoms with Crippen LogP contribution in [0.15, 0.2) is 48.5 Å². The number of rotatable bonds is 16. The normalized spacial score (nSPS) is 12.9. The van der Waals surface area contributed by atoms with Gasteiger partial charge in [-0.05, 0) is 64.3 Å². The van der Waals surface area contributed by atoms with Gasteiger partial charge in [0, 0.05) is 48.4 Å². The molecule has 313 valence electrons. The van der Waals surface area contributed by atoms with Crippen LogP contribution in [0.25, 0.3) is 32.2 Å². The Labute approximate surface area is 360 Å². The maximum absolute atomic E-state index is 12.3. The second kappa shape index (κ2) is 21.7. The Bertz CT molecular complexity index is 1850. The minimum atomic E-state index is -1.74. The van der Waals surface area contributed by atoms with Crippen LogP contribution in [0.5, 0.6) is 0 Å². The van der Waals surface area contributed by atoms with E-state index in [1.165, 1.54) is 50.8 Å². The minimum Gasteiger partial charge on any atom is -0.512 e. The standard InChI is InChI=1S/C32H43N2SSi.C17H32O2.Ir/c1-20(2)16-36(17-21(3)4,18-22(5)6)32-24(9)29-31(35-32)30(34-19-33-29)26-14-25-12-10-11-13-27(25)28(15-26)23(7)8;1-10(2)16(11(3)4)14(18)9-15(19)17(12(5)6)13(7)8;/h10-13,15,19-23H,16-18H2,1-9H3;9-13,16-18H,1-8H3;/q-1;;/b;14-9-;. The molecule has 0 spiro atoms. The number of benzene rings is 2. The van der Waals surface area contributed by atoms with Gasteiger partial charge >= 0.3 is 0 Å². The Morgan fingerprint density at radius 3 is 1.73 bits per heavy atom. The third-order valence-corrected chi connectivity index (χ3v) is 19.9. The van der Waals surface area contributed by atoms with Gasteiger partial charge in [0.25, 0.3) is 0 Å². The van der Waals surface area contributed by atoms with E-state index in [0.29, 0.717) is 47.3 Å². The minimum absolute atomic E-state index is 0. The van der Waals surface area contributed by atoms with Crippen molar-refractivity contribution >= 4 is 50.7 Å². The topological polar surface area (TPSA) is 63.1 Å². The van der Waals surface area contributed by atoms with Gasteiger partial charge in [-0.2, -0.15) is 0 Å². The summed E-state index contributed by atoms with van der Waals surface area (Å²) in [6.45, 7) is 37.9. The first-order valence-electron chi connectivity index (χ1n) is 21.3. The molecule has 1 radical (unpaired) electrons. The molecule has 2 aromatic heterocycles. The third-order valence-electron chi connectivity index (χ3n) is 11.1. The molecule has 0 bridgehead atoms. The first-order valence-corrected chi connectivity index (χ1v) is 24.7. The fraction of sp³-hybridized carbons (Fsp3) is 0.612. The van der Waals surface area contributed by atoms with Crippen LogP contribution >= 0.6 is 11.3 Å². The van der Waals surface area contributed by atoms with Crippen molar-refractivity contribution in [2.75, 3.05) is 0 Å². The molecule has 7 heteroatoms. The number of aryl methyl sites for hydroxylation is 1. The van der Waals surface area contributed by atoms with E-state index in [1.54, 1.807) is 10.8 Å². The summed E-state index contributed by atoms with van der Waals surface area (Å²) < 4.78 is 2.92. The summed E-state index contributed by atoms with van der Waals surface area (Å²) in [6.07, 6.45) is 3.26. The van der Waals surface area contributed by atoms with Gasteiger partial charge in [-0.3, -0.25) is 9.78 Å². The van der Waals surface area contributed by atoms with E-state index < -0.39 is 8.07 Å². The molecule has 0 fully saturated rings. The average Bonchev–Trinajstić information content (AvgIpc) is 3.39.